The van der Waals surface area contributed by atoms with E-state index < -0.39 is 0 Å². The van der Waals surface area contributed by atoms with Gasteiger partial charge in [0.25, 0.3) is 5.52 Å². The lowest BCUT2D eigenvalue weighted by molar-refractivity contribution is -0.674. The number of anilines is 1. The van der Waals surface area contributed by atoms with Gasteiger partial charge >= 0.3 is 5.89 Å². The summed E-state index contributed by atoms with van der Waals surface area (Å²) in [7, 11) is 0. The molecule has 5 aromatic rings. The van der Waals surface area contributed by atoms with Crippen LogP contribution in [0.15, 0.2) is 135 Å². The predicted octanol–water partition coefficient (Wildman–Crippen LogP) is 8.83. The summed E-state index contributed by atoms with van der Waals surface area (Å²) < 4.78 is 14.7. The maximum absolute atomic E-state index is 6.24. The number of nitrogens with zero attached hydrogens (tertiary/aromatic N) is 3. The van der Waals surface area contributed by atoms with Crippen LogP contribution in [0.5, 0.6) is 5.75 Å². The molecule has 1 aliphatic carbocycles. The minimum atomic E-state index is 0.842. The number of hydrogen-bond acceptors (Lipinski definition) is 5. The highest BCUT2D eigenvalue weighted by Crippen LogP contribution is 2.44. The third-order valence-corrected chi connectivity index (χ3v) is 8.98. The molecule has 0 atom stereocenters. The second kappa shape index (κ2) is 11.4. The van der Waals surface area contributed by atoms with E-state index in [0.717, 1.165) is 76.0 Å². The van der Waals surface area contributed by atoms with Gasteiger partial charge in [0.1, 0.15) is 6.54 Å². The van der Waals surface area contributed by atoms with Crippen LogP contribution in [0, 0.1) is 0 Å². The first-order chi connectivity index (χ1) is 20.7. The second-order valence-corrected chi connectivity index (χ2v) is 11.4. The highest BCUT2D eigenvalue weighted by Gasteiger charge is 2.25. The summed E-state index contributed by atoms with van der Waals surface area (Å²) in [5.74, 6) is 2.62. The van der Waals surface area contributed by atoms with Gasteiger partial charge in [0.2, 0.25) is 11.5 Å². The van der Waals surface area contributed by atoms with Crippen LogP contribution in [0.4, 0.5) is 5.69 Å². The first kappa shape index (κ1) is 26.4. The summed E-state index contributed by atoms with van der Waals surface area (Å²) in [5, 5.41) is 1.15. The number of thioether (sulfide) groups is 1. The Balaban J connectivity index is 1.27. The number of pyridine rings is 1. The van der Waals surface area contributed by atoms with E-state index in [4.69, 9.17) is 14.1 Å². The number of allylic oxidation sites excluding steroid dienone is 5. The van der Waals surface area contributed by atoms with E-state index in [2.05, 4.69) is 96.1 Å². The van der Waals surface area contributed by atoms with E-state index in [1.807, 2.05) is 36.5 Å². The van der Waals surface area contributed by atoms with Crippen molar-refractivity contribution in [3.63, 3.8) is 0 Å². The minimum absolute atomic E-state index is 0.842. The molecule has 3 heterocycles. The summed E-state index contributed by atoms with van der Waals surface area (Å²) in [5.41, 5.74) is 6.73. The average Bonchev–Trinajstić information content (AvgIpc) is 3.71. The molecule has 0 spiro atoms. The number of rotatable bonds is 7. The molecular formula is C36H32N3O2S+. The van der Waals surface area contributed by atoms with Crippen LogP contribution < -0.4 is 14.2 Å². The molecular weight excluding hydrogens is 538 g/mol. The fraction of sp³-hybridized carbons (Fsp3) is 0.167. The molecule has 2 aromatic heterocycles. The van der Waals surface area contributed by atoms with Gasteiger partial charge in [-0.2, -0.15) is 4.57 Å². The van der Waals surface area contributed by atoms with Gasteiger partial charge in [-0.3, -0.25) is 4.98 Å². The zero-order chi connectivity index (χ0) is 28.5. The van der Waals surface area contributed by atoms with Crippen LogP contribution >= 0.6 is 11.8 Å². The Morgan fingerprint density at radius 1 is 0.929 bits per heavy atom. The first-order valence-corrected chi connectivity index (χ1v) is 15.3. The van der Waals surface area contributed by atoms with E-state index >= 15 is 0 Å². The molecule has 208 valence electrons. The molecule has 1 aliphatic heterocycles. The number of oxazole rings is 1. The highest BCUT2D eigenvalue weighted by atomic mass is 32.2. The lowest BCUT2D eigenvalue weighted by Gasteiger charge is -2.15. The number of aryl methyl sites for hydroxylation is 1. The highest BCUT2D eigenvalue weighted by molar-refractivity contribution is 8.03. The van der Waals surface area contributed by atoms with E-state index in [1.165, 1.54) is 16.1 Å². The van der Waals surface area contributed by atoms with Crippen LogP contribution in [0.2, 0.25) is 0 Å². The second-order valence-electron chi connectivity index (χ2n) is 10.3. The quantitative estimate of drug-likeness (QED) is 0.183. The molecule has 0 saturated heterocycles. The summed E-state index contributed by atoms with van der Waals surface area (Å²) in [6.07, 6.45) is 12.6. The lowest BCUT2D eigenvalue weighted by Crippen LogP contribution is -2.33. The molecule has 0 N–H and O–H groups in total. The van der Waals surface area contributed by atoms with Crippen molar-refractivity contribution in [2.75, 3.05) is 11.4 Å². The van der Waals surface area contributed by atoms with Gasteiger partial charge in [0, 0.05) is 34.0 Å². The van der Waals surface area contributed by atoms with Crippen molar-refractivity contribution < 1.29 is 13.7 Å². The van der Waals surface area contributed by atoms with Crippen molar-refractivity contribution in [3.05, 3.63) is 131 Å². The largest absolute Gasteiger partial charge is 0.439 e. The van der Waals surface area contributed by atoms with E-state index in [1.54, 1.807) is 11.8 Å². The number of aromatic nitrogens is 2. The topological polar surface area (TPSA) is 42.4 Å². The predicted molar refractivity (Wildman–Crippen MR) is 171 cm³/mol. The van der Waals surface area contributed by atoms with Crippen molar-refractivity contribution in [2.24, 2.45) is 0 Å². The molecule has 0 fully saturated rings. The summed E-state index contributed by atoms with van der Waals surface area (Å²) >= 11 is 1.79. The number of fused-ring (bicyclic) bond motifs is 3. The van der Waals surface area contributed by atoms with E-state index in [9.17, 15) is 0 Å². The molecule has 2 aliphatic rings. The van der Waals surface area contributed by atoms with Gasteiger partial charge in [0.05, 0.1) is 17.3 Å². The van der Waals surface area contributed by atoms with Gasteiger partial charge in [-0.15, -0.1) is 0 Å². The molecule has 42 heavy (non-hydrogen) atoms. The molecule has 0 bridgehead atoms. The van der Waals surface area contributed by atoms with Crippen LogP contribution in [-0.2, 0) is 6.54 Å². The number of hydrogen-bond donors (Lipinski definition) is 0. The Morgan fingerprint density at radius 2 is 1.76 bits per heavy atom. The molecule has 0 radical (unpaired) electrons. The molecule has 0 saturated carbocycles. The van der Waals surface area contributed by atoms with Crippen LogP contribution in [0.3, 0.4) is 0 Å². The van der Waals surface area contributed by atoms with E-state index in [0.29, 0.717) is 0 Å². The average molecular weight is 571 g/mol. The SMILES string of the molecule is CCN1C(=CC=C2CCC(C=Cc3oc4ccccc4[n+]3CC)=C2Sc2cnc3ccccc3c2)Oc2ccccc21. The maximum Gasteiger partial charge on any atom is 0.374 e. The maximum atomic E-state index is 6.24. The molecule has 7 rings (SSSR count). The fourth-order valence-electron chi connectivity index (χ4n) is 5.73. The van der Waals surface area contributed by atoms with Crippen molar-refractivity contribution in [2.45, 2.75) is 38.1 Å². The fourth-order valence-corrected chi connectivity index (χ4v) is 6.86. The minimum Gasteiger partial charge on any atom is -0.439 e. The van der Waals surface area contributed by atoms with Crippen LogP contribution in [0.1, 0.15) is 32.6 Å². The molecule has 3 aromatic carbocycles. The standard InChI is InChI=1S/C36H32N3O2S/c1-3-38-30-13-7-9-15-32(30)40-34(38)21-19-25-17-18-26(20-22-35-39(4-2)31-14-8-10-16-33(31)41-35)36(25)42-28-23-27-11-5-6-12-29(27)37-24-28/h5-16,19-24H,3-4,17-18H2,1-2H3/q+1. The van der Waals surface area contributed by atoms with Crippen LogP contribution in [0.25, 0.3) is 28.1 Å². The Hall–Kier alpha value is -4.55. The van der Waals surface area contributed by atoms with Crippen molar-refractivity contribution >= 4 is 45.5 Å². The zero-order valence-corrected chi connectivity index (χ0v) is 24.6. The van der Waals surface area contributed by atoms with Gasteiger partial charge in [-0.25, -0.2) is 0 Å². The van der Waals surface area contributed by atoms with Gasteiger partial charge in [-0.05, 0) is 80.3 Å². The number of para-hydroxylation sites is 5. The van der Waals surface area contributed by atoms with Crippen molar-refractivity contribution in [1.82, 2.24) is 4.98 Å². The smallest absolute Gasteiger partial charge is 0.374 e. The number of benzene rings is 3. The molecule has 5 nitrogen and oxygen atoms in total. The zero-order valence-electron chi connectivity index (χ0n) is 23.8. The van der Waals surface area contributed by atoms with Gasteiger partial charge in [-0.1, -0.05) is 60.3 Å². The Bertz CT molecular complexity index is 1930. The first-order valence-electron chi connectivity index (χ1n) is 14.5. The van der Waals surface area contributed by atoms with Gasteiger partial charge < -0.3 is 14.1 Å². The Labute approximate surface area is 250 Å². The Kier molecular flexibility index (Phi) is 7.14. The molecule has 0 amide bonds. The van der Waals surface area contributed by atoms with E-state index in [-0.39, 0.29) is 0 Å². The number of ether oxygens (including phenoxy) is 1. The lowest BCUT2D eigenvalue weighted by atomic mass is 10.2. The summed E-state index contributed by atoms with van der Waals surface area (Å²) in [6, 6.07) is 26.9. The van der Waals surface area contributed by atoms with Crippen molar-refractivity contribution in [3.8, 4) is 5.75 Å². The summed E-state index contributed by atoms with van der Waals surface area (Å²) in [6.45, 7) is 5.99. The molecule has 6 heteroatoms. The summed E-state index contributed by atoms with van der Waals surface area (Å²) in [4.78, 5) is 9.34. The van der Waals surface area contributed by atoms with Crippen molar-refractivity contribution in [1.29, 1.82) is 0 Å². The third-order valence-electron chi connectivity index (χ3n) is 7.79. The normalized spacial score (nSPS) is 17.0. The van der Waals surface area contributed by atoms with Crippen LogP contribution in [-0.4, -0.2) is 11.5 Å². The Morgan fingerprint density at radius 3 is 2.67 bits per heavy atom. The monoisotopic (exact) mass is 570 g/mol. The van der Waals surface area contributed by atoms with Gasteiger partial charge in [0.15, 0.2) is 5.75 Å². The molecule has 0 unspecified atom stereocenters. The third kappa shape index (κ3) is 4.92.